The molecule has 0 spiro atoms. The van der Waals surface area contributed by atoms with Crippen molar-refractivity contribution in [3.63, 3.8) is 0 Å². The summed E-state index contributed by atoms with van der Waals surface area (Å²) in [5.74, 6) is -0.940. The molecule has 3 heterocycles. The zero-order chi connectivity index (χ0) is 24.9. The van der Waals surface area contributed by atoms with E-state index in [2.05, 4.69) is 23.7 Å². The Kier molecular flexibility index (Phi) is 8.23. The van der Waals surface area contributed by atoms with E-state index in [0.717, 1.165) is 27.2 Å². The molecule has 35 heavy (non-hydrogen) atoms. The molecule has 0 unspecified atom stereocenters. The van der Waals surface area contributed by atoms with Crippen LogP contribution in [-0.4, -0.2) is 50.7 Å². The highest BCUT2D eigenvalue weighted by atomic mass is 35.5. The summed E-state index contributed by atoms with van der Waals surface area (Å²) in [7, 11) is 0. The Hall–Kier alpha value is -2.71. The maximum atomic E-state index is 11.6. The molecule has 184 valence electrons. The van der Waals surface area contributed by atoms with Gasteiger partial charge in [0, 0.05) is 39.0 Å². The smallest absolute Gasteiger partial charge is 0.352 e. The van der Waals surface area contributed by atoms with E-state index in [1.807, 2.05) is 53.9 Å². The number of halogens is 1. The molecule has 6 nitrogen and oxygen atoms in total. The highest BCUT2D eigenvalue weighted by Crippen LogP contribution is 2.27. The molecule has 2 aromatic heterocycles. The lowest BCUT2D eigenvalue weighted by atomic mass is 10.1. The van der Waals surface area contributed by atoms with Gasteiger partial charge in [0.05, 0.1) is 12.2 Å². The van der Waals surface area contributed by atoms with Crippen LogP contribution in [0.15, 0.2) is 60.0 Å². The van der Waals surface area contributed by atoms with Crippen molar-refractivity contribution in [1.29, 1.82) is 0 Å². The number of carbonyl (C=O) groups is 1. The van der Waals surface area contributed by atoms with Gasteiger partial charge in [0.15, 0.2) is 0 Å². The summed E-state index contributed by atoms with van der Waals surface area (Å²) in [6.45, 7) is 7.30. The van der Waals surface area contributed by atoms with Crippen LogP contribution in [0.3, 0.4) is 0 Å². The summed E-state index contributed by atoms with van der Waals surface area (Å²) in [5, 5.41) is 14.0. The first-order valence-corrected chi connectivity index (χ1v) is 13.1. The van der Waals surface area contributed by atoms with Crippen molar-refractivity contribution in [1.82, 2.24) is 14.5 Å². The van der Waals surface area contributed by atoms with Gasteiger partial charge in [-0.2, -0.15) is 0 Å². The van der Waals surface area contributed by atoms with E-state index in [1.54, 1.807) is 10.6 Å². The van der Waals surface area contributed by atoms with Gasteiger partial charge in [0.1, 0.15) is 10.7 Å². The predicted octanol–water partition coefficient (Wildman–Crippen LogP) is 5.98. The average Bonchev–Trinajstić information content (AvgIpc) is 3.46. The number of carboxylic acid groups (broad SMARTS) is 1. The molecule has 1 aliphatic rings. The minimum Gasteiger partial charge on any atom is -0.477 e. The molecule has 8 heteroatoms. The zero-order valence-corrected chi connectivity index (χ0v) is 21.6. The number of nitrogens with two attached hydrogens (primary N) is 1. The second kappa shape index (κ2) is 11.4. The van der Waals surface area contributed by atoms with Crippen molar-refractivity contribution in [3.8, 4) is 10.6 Å². The van der Waals surface area contributed by atoms with Crippen LogP contribution < -0.4 is 5.73 Å². The van der Waals surface area contributed by atoms with Gasteiger partial charge in [-0.15, -0.1) is 11.3 Å². The normalized spacial score (nSPS) is 14.8. The minimum absolute atomic E-state index is 0.266. The van der Waals surface area contributed by atoms with Crippen LogP contribution in [0.1, 0.15) is 42.9 Å². The van der Waals surface area contributed by atoms with Crippen LogP contribution in [0.5, 0.6) is 0 Å². The van der Waals surface area contributed by atoms with Gasteiger partial charge in [-0.3, -0.25) is 0 Å². The van der Waals surface area contributed by atoms with Gasteiger partial charge in [-0.1, -0.05) is 41.9 Å². The zero-order valence-electron chi connectivity index (χ0n) is 20.0. The standard InChI is InChI=1S/C19H13ClN2O2S.C8H18N2/c20-14-7-5-12(6-8-14)18-21-15(11-25-18)10-22-16-4-2-1-3-13(16)9-17(22)19(23)24;1-7(2)10-5-3-8(9)4-6-10/h1-9,11H,10H2,(H,23,24);7-8H,3-6,9H2,1-2H3. The van der Waals surface area contributed by atoms with Gasteiger partial charge in [-0.05, 0) is 64.0 Å². The van der Waals surface area contributed by atoms with Gasteiger partial charge >= 0.3 is 5.97 Å². The molecule has 2 aromatic carbocycles. The molecule has 0 saturated carbocycles. The maximum Gasteiger partial charge on any atom is 0.352 e. The number of hydrogen-bond donors (Lipinski definition) is 2. The molecule has 0 radical (unpaired) electrons. The number of thiazole rings is 1. The third kappa shape index (κ3) is 6.30. The average molecular weight is 511 g/mol. The third-order valence-electron chi connectivity index (χ3n) is 6.30. The Balaban J connectivity index is 0.000000243. The summed E-state index contributed by atoms with van der Waals surface area (Å²) < 4.78 is 1.79. The quantitative estimate of drug-likeness (QED) is 0.345. The fraction of sp³-hybridized carbons (Fsp3) is 0.333. The molecular formula is C27H31ClN4O2S. The predicted molar refractivity (Wildman–Crippen MR) is 144 cm³/mol. The highest BCUT2D eigenvalue weighted by molar-refractivity contribution is 7.13. The van der Waals surface area contributed by atoms with Crippen LogP contribution >= 0.6 is 22.9 Å². The molecule has 5 rings (SSSR count). The van der Waals surface area contributed by atoms with Crippen molar-refractivity contribution in [3.05, 3.63) is 76.4 Å². The Morgan fingerprint density at radius 2 is 1.86 bits per heavy atom. The lowest BCUT2D eigenvalue weighted by Gasteiger charge is -2.32. The number of aromatic nitrogens is 2. The highest BCUT2D eigenvalue weighted by Gasteiger charge is 2.17. The van der Waals surface area contributed by atoms with Gasteiger partial charge in [0.2, 0.25) is 0 Å². The van der Waals surface area contributed by atoms with Crippen molar-refractivity contribution in [2.75, 3.05) is 13.1 Å². The molecule has 1 fully saturated rings. The molecule has 0 bridgehead atoms. The lowest BCUT2D eigenvalue weighted by molar-refractivity contribution is 0.0686. The topological polar surface area (TPSA) is 84.4 Å². The van der Waals surface area contributed by atoms with E-state index >= 15 is 0 Å². The van der Waals surface area contributed by atoms with Crippen LogP contribution in [0.4, 0.5) is 0 Å². The summed E-state index contributed by atoms with van der Waals surface area (Å²) in [4.78, 5) is 18.7. The molecule has 3 N–H and O–H groups in total. The van der Waals surface area contributed by atoms with E-state index in [9.17, 15) is 9.90 Å². The minimum atomic E-state index is -0.940. The molecule has 0 atom stereocenters. The maximum absolute atomic E-state index is 11.6. The van der Waals surface area contributed by atoms with Crippen molar-refractivity contribution in [2.45, 2.75) is 45.3 Å². The Bertz CT molecular complexity index is 1270. The van der Waals surface area contributed by atoms with Crippen molar-refractivity contribution in [2.24, 2.45) is 5.73 Å². The van der Waals surface area contributed by atoms with Gasteiger partial charge < -0.3 is 20.3 Å². The fourth-order valence-corrected chi connectivity index (χ4v) is 5.20. The number of fused-ring (bicyclic) bond motifs is 1. The molecule has 0 aliphatic carbocycles. The van der Waals surface area contributed by atoms with Gasteiger partial charge in [0.25, 0.3) is 0 Å². The van der Waals surface area contributed by atoms with E-state index in [0.29, 0.717) is 23.7 Å². The first-order chi connectivity index (χ1) is 16.8. The van der Waals surface area contributed by atoms with Crippen molar-refractivity contribution < 1.29 is 9.90 Å². The van der Waals surface area contributed by atoms with E-state index in [-0.39, 0.29) is 5.69 Å². The number of carboxylic acids is 1. The monoisotopic (exact) mass is 510 g/mol. The second-order valence-electron chi connectivity index (χ2n) is 9.10. The summed E-state index contributed by atoms with van der Waals surface area (Å²) in [6, 6.07) is 18.0. The van der Waals surface area contributed by atoms with Gasteiger partial charge in [-0.25, -0.2) is 9.78 Å². The number of nitrogens with zero attached hydrogens (tertiary/aromatic N) is 3. The number of piperidine rings is 1. The van der Waals surface area contributed by atoms with Crippen LogP contribution in [0, 0.1) is 0 Å². The number of likely N-dealkylation sites (tertiary alicyclic amines) is 1. The van der Waals surface area contributed by atoms with Crippen molar-refractivity contribution >= 4 is 39.8 Å². The lowest BCUT2D eigenvalue weighted by Crippen LogP contribution is -2.42. The Labute approximate surface area is 215 Å². The summed E-state index contributed by atoms with van der Waals surface area (Å²) >= 11 is 7.46. The first-order valence-electron chi connectivity index (χ1n) is 11.8. The second-order valence-corrected chi connectivity index (χ2v) is 10.4. The SMILES string of the molecule is CC(C)N1CCC(N)CC1.O=C(O)c1cc2ccccc2n1Cc1csc(-c2ccc(Cl)cc2)n1. The number of para-hydroxylation sites is 1. The first kappa shape index (κ1) is 25.4. The van der Waals surface area contributed by atoms with Crippen LogP contribution in [0.25, 0.3) is 21.5 Å². The van der Waals surface area contributed by atoms with E-state index in [4.69, 9.17) is 17.3 Å². The van der Waals surface area contributed by atoms with E-state index < -0.39 is 5.97 Å². The molecule has 1 aliphatic heterocycles. The Morgan fingerprint density at radius 1 is 1.17 bits per heavy atom. The third-order valence-corrected chi connectivity index (χ3v) is 7.49. The fourth-order valence-electron chi connectivity index (χ4n) is 4.26. The molecule has 1 saturated heterocycles. The molecule has 4 aromatic rings. The molecular weight excluding hydrogens is 480 g/mol. The number of aromatic carboxylic acids is 1. The Morgan fingerprint density at radius 3 is 2.51 bits per heavy atom. The molecule has 0 amide bonds. The number of benzene rings is 2. The summed E-state index contributed by atoms with van der Waals surface area (Å²) in [6.07, 6.45) is 2.36. The number of rotatable bonds is 5. The largest absolute Gasteiger partial charge is 0.477 e. The van der Waals surface area contributed by atoms with E-state index in [1.165, 1.54) is 37.3 Å². The van der Waals surface area contributed by atoms with Crippen LogP contribution in [-0.2, 0) is 6.54 Å². The summed E-state index contributed by atoms with van der Waals surface area (Å²) in [5.41, 5.74) is 8.76. The van der Waals surface area contributed by atoms with Crippen LogP contribution in [0.2, 0.25) is 5.02 Å². The number of hydrogen-bond acceptors (Lipinski definition) is 5.